The molecule has 0 aliphatic heterocycles. The molecule has 0 unspecified atom stereocenters. The minimum Gasteiger partial charge on any atom is -0.306 e. The van der Waals surface area contributed by atoms with Gasteiger partial charge < -0.3 is 4.90 Å². The number of allylic oxidation sites excluding steroid dienone is 5. The van der Waals surface area contributed by atoms with Gasteiger partial charge in [0.2, 0.25) is 0 Å². The lowest BCUT2D eigenvalue weighted by molar-refractivity contribution is 0.358. The van der Waals surface area contributed by atoms with Crippen LogP contribution >= 0.6 is 0 Å². The molecule has 0 heterocycles. The third kappa shape index (κ3) is 6.67. The molecule has 0 radical (unpaired) electrons. The second-order valence-electron chi connectivity index (χ2n) is 3.41. The molecule has 1 heteroatoms. The molecule has 0 N–H and O–H groups in total. The van der Waals surface area contributed by atoms with Gasteiger partial charge in [-0.1, -0.05) is 37.3 Å². The maximum absolute atomic E-state index is 2.33. The van der Waals surface area contributed by atoms with Crippen LogP contribution in [0, 0.1) is 0 Å². The highest BCUT2D eigenvalue weighted by Gasteiger charge is 1.95. The van der Waals surface area contributed by atoms with Gasteiger partial charge in [0.15, 0.2) is 0 Å². The van der Waals surface area contributed by atoms with Gasteiger partial charge in [0, 0.05) is 6.54 Å². The van der Waals surface area contributed by atoms with Crippen LogP contribution in [0.3, 0.4) is 0 Å². The van der Waals surface area contributed by atoms with Gasteiger partial charge in [-0.25, -0.2) is 0 Å². The summed E-state index contributed by atoms with van der Waals surface area (Å²) in [6, 6.07) is 0. The molecule has 80 valence electrons. The molecular formula is C13H23N. The van der Waals surface area contributed by atoms with Crippen LogP contribution in [-0.2, 0) is 0 Å². The Bertz CT molecular complexity index is 211. The zero-order valence-electron chi connectivity index (χ0n) is 9.96. The van der Waals surface area contributed by atoms with E-state index in [1.54, 1.807) is 0 Å². The van der Waals surface area contributed by atoms with Crippen molar-refractivity contribution in [1.29, 1.82) is 0 Å². The summed E-state index contributed by atoms with van der Waals surface area (Å²) in [6.07, 6.45) is 11.8. The van der Waals surface area contributed by atoms with Crippen LogP contribution in [0.5, 0.6) is 0 Å². The Hall–Kier alpha value is -0.820. The standard InChI is InChI=1S/C13H23N/c1-5-8-10-13(9-6-2)11-12-14(4)7-3/h5-6,8-10H,7,11-12H2,1-4H3/b8-5-,9-6-,13-10+. The molecule has 0 atom stereocenters. The quantitative estimate of drug-likeness (QED) is 0.584. The predicted octanol–water partition coefficient (Wildman–Crippen LogP) is 3.41. The molecule has 0 saturated carbocycles. The van der Waals surface area contributed by atoms with Gasteiger partial charge in [-0.15, -0.1) is 0 Å². The number of hydrogen-bond acceptors (Lipinski definition) is 1. The van der Waals surface area contributed by atoms with E-state index in [1.807, 2.05) is 6.92 Å². The second-order valence-corrected chi connectivity index (χ2v) is 3.41. The molecule has 0 saturated heterocycles. The van der Waals surface area contributed by atoms with Gasteiger partial charge in [0.1, 0.15) is 0 Å². The summed E-state index contributed by atoms with van der Waals surface area (Å²) in [5.41, 5.74) is 1.39. The fourth-order valence-corrected chi connectivity index (χ4v) is 1.13. The molecule has 0 aromatic heterocycles. The van der Waals surface area contributed by atoms with E-state index < -0.39 is 0 Å². The lowest BCUT2D eigenvalue weighted by Gasteiger charge is -2.13. The summed E-state index contributed by atoms with van der Waals surface area (Å²) in [5, 5.41) is 0. The van der Waals surface area contributed by atoms with Crippen molar-refractivity contribution >= 4 is 0 Å². The first-order valence-corrected chi connectivity index (χ1v) is 5.37. The van der Waals surface area contributed by atoms with E-state index >= 15 is 0 Å². The van der Waals surface area contributed by atoms with E-state index in [2.05, 4.69) is 56.2 Å². The molecule has 0 aromatic rings. The Kier molecular flexibility index (Phi) is 8.25. The Morgan fingerprint density at radius 2 is 1.93 bits per heavy atom. The lowest BCUT2D eigenvalue weighted by atomic mass is 10.1. The smallest absolute Gasteiger partial charge is 0.00187 e. The van der Waals surface area contributed by atoms with Gasteiger partial charge in [-0.05, 0) is 39.4 Å². The lowest BCUT2D eigenvalue weighted by Crippen LogP contribution is -2.18. The molecule has 0 aliphatic rings. The highest BCUT2D eigenvalue weighted by atomic mass is 15.1. The fourth-order valence-electron chi connectivity index (χ4n) is 1.13. The van der Waals surface area contributed by atoms with Crippen molar-refractivity contribution in [2.24, 2.45) is 0 Å². The van der Waals surface area contributed by atoms with Crippen LogP contribution in [0.2, 0.25) is 0 Å². The topological polar surface area (TPSA) is 3.24 Å². The van der Waals surface area contributed by atoms with Crippen LogP contribution in [0.15, 0.2) is 36.0 Å². The van der Waals surface area contributed by atoms with Crippen LogP contribution in [0.1, 0.15) is 27.2 Å². The molecule has 1 nitrogen and oxygen atoms in total. The minimum atomic E-state index is 1.12. The molecule has 0 amide bonds. The van der Waals surface area contributed by atoms with Crippen molar-refractivity contribution in [1.82, 2.24) is 4.90 Å². The summed E-state index contributed by atoms with van der Waals surface area (Å²) in [7, 11) is 2.16. The third-order valence-corrected chi connectivity index (χ3v) is 2.21. The fraction of sp³-hybridized carbons (Fsp3) is 0.538. The second kappa shape index (κ2) is 8.76. The number of rotatable bonds is 6. The Morgan fingerprint density at radius 3 is 2.43 bits per heavy atom. The first-order valence-electron chi connectivity index (χ1n) is 5.37. The molecule has 0 aromatic carbocycles. The highest BCUT2D eigenvalue weighted by Crippen LogP contribution is 2.05. The maximum Gasteiger partial charge on any atom is 0.00187 e. The molecule has 14 heavy (non-hydrogen) atoms. The van der Waals surface area contributed by atoms with Crippen molar-refractivity contribution in [2.75, 3.05) is 20.1 Å². The molecule has 0 spiro atoms. The maximum atomic E-state index is 2.33. The zero-order valence-corrected chi connectivity index (χ0v) is 9.96. The Labute approximate surface area is 88.8 Å². The van der Waals surface area contributed by atoms with E-state index in [1.165, 1.54) is 5.57 Å². The van der Waals surface area contributed by atoms with Crippen LogP contribution in [-0.4, -0.2) is 25.0 Å². The summed E-state index contributed by atoms with van der Waals surface area (Å²) in [6.45, 7) is 8.54. The van der Waals surface area contributed by atoms with E-state index in [4.69, 9.17) is 0 Å². The Morgan fingerprint density at radius 1 is 1.21 bits per heavy atom. The van der Waals surface area contributed by atoms with Gasteiger partial charge in [0.05, 0.1) is 0 Å². The number of hydrogen-bond donors (Lipinski definition) is 0. The van der Waals surface area contributed by atoms with Crippen LogP contribution in [0.25, 0.3) is 0 Å². The average Bonchev–Trinajstić information content (AvgIpc) is 2.21. The first kappa shape index (κ1) is 13.2. The van der Waals surface area contributed by atoms with Gasteiger partial charge in [-0.3, -0.25) is 0 Å². The summed E-state index contributed by atoms with van der Waals surface area (Å²) in [4.78, 5) is 2.33. The molecule has 0 aliphatic carbocycles. The van der Waals surface area contributed by atoms with Crippen LogP contribution in [0.4, 0.5) is 0 Å². The van der Waals surface area contributed by atoms with Crippen molar-refractivity contribution in [3.63, 3.8) is 0 Å². The van der Waals surface area contributed by atoms with Crippen molar-refractivity contribution in [3.05, 3.63) is 36.0 Å². The summed E-state index contributed by atoms with van der Waals surface area (Å²) in [5.74, 6) is 0. The van der Waals surface area contributed by atoms with E-state index in [0.717, 1.165) is 19.5 Å². The minimum absolute atomic E-state index is 1.12. The third-order valence-electron chi connectivity index (χ3n) is 2.21. The summed E-state index contributed by atoms with van der Waals surface area (Å²) < 4.78 is 0. The molecule has 0 rings (SSSR count). The first-order chi connectivity index (χ1) is 6.74. The number of nitrogens with zero attached hydrogens (tertiary/aromatic N) is 1. The predicted molar refractivity (Wildman–Crippen MR) is 65.5 cm³/mol. The molecular weight excluding hydrogens is 170 g/mol. The summed E-state index contributed by atoms with van der Waals surface area (Å²) >= 11 is 0. The molecule has 0 fully saturated rings. The average molecular weight is 193 g/mol. The van der Waals surface area contributed by atoms with Crippen molar-refractivity contribution in [2.45, 2.75) is 27.2 Å². The highest BCUT2D eigenvalue weighted by molar-refractivity contribution is 5.23. The monoisotopic (exact) mass is 193 g/mol. The van der Waals surface area contributed by atoms with Gasteiger partial charge >= 0.3 is 0 Å². The Balaban J connectivity index is 4.10. The van der Waals surface area contributed by atoms with Gasteiger partial charge in [-0.2, -0.15) is 0 Å². The SMILES string of the molecule is C\C=C/C=C(\C=C/C)CCN(C)CC. The van der Waals surface area contributed by atoms with Gasteiger partial charge in [0.25, 0.3) is 0 Å². The van der Waals surface area contributed by atoms with E-state index in [0.29, 0.717) is 0 Å². The molecule has 0 bridgehead atoms. The van der Waals surface area contributed by atoms with Crippen molar-refractivity contribution < 1.29 is 0 Å². The van der Waals surface area contributed by atoms with Crippen molar-refractivity contribution in [3.8, 4) is 0 Å². The largest absolute Gasteiger partial charge is 0.306 e. The van der Waals surface area contributed by atoms with Crippen LogP contribution < -0.4 is 0 Å². The van der Waals surface area contributed by atoms with E-state index in [-0.39, 0.29) is 0 Å². The van der Waals surface area contributed by atoms with E-state index in [9.17, 15) is 0 Å². The zero-order chi connectivity index (χ0) is 10.8. The normalized spacial score (nSPS) is 13.6.